The molecule has 0 bridgehead atoms. The number of nitrogens with zero attached hydrogens (tertiary/aromatic N) is 2. The number of rotatable bonds is 2. The summed E-state index contributed by atoms with van der Waals surface area (Å²) in [5.41, 5.74) is 1.07. The lowest BCUT2D eigenvalue weighted by molar-refractivity contribution is -0.134. The number of piperazine rings is 1. The van der Waals surface area contributed by atoms with Crippen LogP contribution in [0, 0.1) is 0 Å². The van der Waals surface area contributed by atoms with Gasteiger partial charge in [-0.15, -0.1) is 0 Å². The van der Waals surface area contributed by atoms with E-state index in [0.29, 0.717) is 0 Å². The van der Waals surface area contributed by atoms with Crippen molar-refractivity contribution in [3.63, 3.8) is 0 Å². The number of hydrogen-bond acceptors (Lipinski definition) is 3. The topological polar surface area (TPSA) is 35.6 Å². The fourth-order valence-corrected chi connectivity index (χ4v) is 3.41. The maximum atomic E-state index is 12.5. The van der Waals surface area contributed by atoms with Crippen LogP contribution in [0.15, 0.2) is 24.3 Å². The summed E-state index contributed by atoms with van der Waals surface area (Å²) < 4.78 is 0. The van der Waals surface area contributed by atoms with Crippen LogP contribution in [-0.2, 0) is 4.79 Å². The molecule has 2 heterocycles. The second-order valence-corrected chi connectivity index (χ2v) is 6.17. The van der Waals surface area contributed by atoms with Crippen molar-refractivity contribution < 1.29 is 4.79 Å². The van der Waals surface area contributed by atoms with E-state index in [0.717, 1.165) is 56.3 Å². The number of halogens is 1. The molecule has 2 fully saturated rings. The third kappa shape index (κ3) is 3.33. The molecule has 1 aromatic rings. The van der Waals surface area contributed by atoms with Gasteiger partial charge in [0.25, 0.3) is 0 Å². The van der Waals surface area contributed by atoms with Gasteiger partial charge in [-0.3, -0.25) is 4.79 Å². The zero-order valence-electron chi connectivity index (χ0n) is 12.2. The van der Waals surface area contributed by atoms with Gasteiger partial charge < -0.3 is 15.1 Å². The summed E-state index contributed by atoms with van der Waals surface area (Å²) >= 11 is 6.25. The summed E-state index contributed by atoms with van der Waals surface area (Å²) in [5, 5.41) is 4.13. The highest BCUT2D eigenvalue weighted by Crippen LogP contribution is 2.26. The Labute approximate surface area is 131 Å². The summed E-state index contributed by atoms with van der Waals surface area (Å²) in [6, 6.07) is 7.94. The molecular weight excluding hydrogens is 286 g/mol. The van der Waals surface area contributed by atoms with E-state index in [9.17, 15) is 4.79 Å². The molecule has 0 aromatic heterocycles. The van der Waals surface area contributed by atoms with Crippen molar-refractivity contribution in [2.75, 3.05) is 37.6 Å². The Balaban J connectivity index is 1.57. The maximum absolute atomic E-state index is 12.5. The molecular formula is C16H22ClN3O. The van der Waals surface area contributed by atoms with Gasteiger partial charge in [-0.25, -0.2) is 0 Å². The van der Waals surface area contributed by atoms with Gasteiger partial charge in [0.1, 0.15) is 0 Å². The molecule has 2 aliphatic rings. The molecule has 2 aliphatic heterocycles. The van der Waals surface area contributed by atoms with Crippen molar-refractivity contribution in [3.05, 3.63) is 29.3 Å². The molecule has 0 aliphatic carbocycles. The van der Waals surface area contributed by atoms with Gasteiger partial charge in [0.15, 0.2) is 0 Å². The van der Waals surface area contributed by atoms with E-state index in [1.54, 1.807) is 0 Å². The number of anilines is 1. The number of para-hydroxylation sites is 1. The summed E-state index contributed by atoms with van der Waals surface area (Å²) in [5.74, 6) is 0.272. The Morgan fingerprint density at radius 1 is 1.14 bits per heavy atom. The fraction of sp³-hybridized carbons (Fsp3) is 0.562. The molecule has 0 radical (unpaired) electrons. The van der Waals surface area contributed by atoms with Gasteiger partial charge in [-0.2, -0.15) is 0 Å². The predicted octanol–water partition coefficient (Wildman–Crippen LogP) is 2.13. The molecule has 5 heteroatoms. The molecule has 0 unspecified atom stereocenters. The zero-order valence-corrected chi connectivity index (χ0v) is 13.0. The molecule has 2 saturated heterocycles. The van der Waals surface area contributed by atoms with Crippen LogP contribution in [0.4, 0.5) is 5.69 Å². The van der Waals surface area contributed by atoms with E-state index in [1.165, 1.54) is 6.42 Å². The molecule has 0 saturated carbocycles. The Kier molecular flexibility index (Phi) is 4.66. The first-order valence-electron chi connectivity index (χ1n) is 7.77. The smallest absolute Gasteiger partial charge is 0.239 e. The highest BCUT2D eigenvalue weighted by molar-refractivity contribution is 6.33. The van der Waals surface area contributed by atoms with Crippen LogP contribution in [0.25, 0.3) is 0 Å². The summed E-state index contributed by atoms with van der Waals surface area (Å²) in [7, 11) is 0. The van der Waals surface area contributed by atoms with Crippen LogP contribution in [0.3, 0.4) is 0 Å². The number of amides is 1. The van der Waals surface area contributed by atoms with Crippen molar-refractivity contribution in [1.82, 2.24) is 10.2 Å². The van der Waals surface area contributed by atoms with Crippen molar-refractivity contribution in [3.8, 4) is 0 Å². The third-order valence-corrected chi connectivity index (χ3v) is 4.71. The standard InChI is InChI=1S/C16H22ClN3O/c17-13-5-1-2-7-15(13)19-9-11-20(12-10-19)16(21)14-6-3-4-8-18-14/h1-2,5,7,14,18H,3-4,6,8-12H2/t14-/m1/s1. The predicted molar refractivity (Wildman–Crippen MR) is 85.9 cm³/mol. The molecule has 0 spiro atoms. The van der Waals surface area contributed by atoms with Crippen molar-refractivity contribution in [2.24, 2.45) is 0 Å². The number of carbonyl (C=O) groups is 1. The van der Waals surface area contributed by atoms with Crippen LogP contribution < -0.4 is 10.2 Å². The van der Waals surface area contributed by atoms with Crippen molar-refractivity contribution in [1.29, 1.82) is 0 Å². The zero-order chi connectivity index (χ0) is 14.7. The first-order valence-corrected chi connectivity index (χ1v) is 8.15. The second-order valence-electron chi connectivity index (χ2n) is 5.77. The minimum atomic E-state index is 0.0330. The molecule has 1 aromatic carbocycles. The fourth-order valence-electron chi connectivity index (χ4n) is 3.16. The SMILES string of the molecule is O=C([C@H]1CCCCN1)N1CCN(c2ccccc2Cl)CC1. The Bertz CT molecular complexity index is 494. The minimum Gasteiger partial charge on any atom is -0.367 e. The van der Waals surface area contributed by atoms with Crippen molar-refractivity contribution in [2.45, 2.75) is 25.3 Å². The van der Waals surface area contributed by atoms with Gasteiger partial charge in [-0.05, 0) is 31.5 Å². The Hall–Kier alpha value is -1.26. The van der Waals surface area contributed by atoms with E-state index in [-0.39, 0.29) is 11.9 Å². The van der Waals surface area contributed by atoms with Gasteiger partial charge in [-0.1, -0.05) is 30.2 Å². The molecule has 1 N–H and O–H groups in total. The summed E-state index contributed by atoms with van der Waals surface area (Å²) in [6.45, 7) is 4.23. The average molecular weight is 308 g/mol. The van der Waals surface area contributed by atoms with E-state index in [1.807, 2.05) is 29.2 Å². The molecule has 21 heavy (non-hydrogen) atoms. The highest BCUT2D eigenvalue weighted by Gasteiger charge is 2.28. The lowest BCUT2D eigenvalue weighted by atomic mass is 10.0. The normalized spacial score (nSPS) is 23.2. The molecule has 1 amide bonds. The van der Waals surface area contributed by atoms with Gasteiger partial charge >= 0.3 is 0 Å². The van der Waals surface area contributed by atoms with Crippen LogP contribution in [-0.4, -0.2) is 49.6 Å². The number of carbonyl (C=O) groups excluding carboxylic acids is 1. The molecule has 114 valence electrons. The number of hydrogen-bond donors (Lipinski definition) is 1. The first kappa shape index (κ1) is 14.7. The van der Waals surface area contributed by atoms with Crippen LogP contribution in [0.1, 0.15) is 19.3 Å². The van der Waals surface area contributed by atoms with E-state index < -0.39 is 0 Å². The monoisotopic (exact) mass is 307 g/mol. The molecule has 3 rings (SSSR count). The third-order valence-electron chi connectivity index (χ3n) is 4.39. The van der Waals surface area contributed by atoms with Crippen molar-refractivity contribution >= 4 is 23.2 Å². The van der Waals surface area contributed by atoms with Crippen LogP contribution in [0.2, 0.25) is 5.02 Å². The largest absolute Gasteiger partial charge is 0.367 e. The number of piperidine rings is 1. The van der Waals surface area contributed by atoms with E-state index in [4.69, 9.17) is 11.6 Å². The van der Waals surface area contributed by atoms with Gasteiger partial charge in [0.2, 0.25) is 5.91 Å². The van der Waals surface area contributed by atoms with Crippen LogP contribution >= 0.6 is 11.6 Å². The second kappa shape index (κ2) is 6.67. The first-order chi connectivity index (χ1) is 10.3. The lowest BCUT2D eigenvalue weighted by Gasteiger charge is -2.38. The Morgan fingerprint density at radius 2 is 1.90 bits per heavy atom. The average Bonchev–Trinajstić information content (AvgIpc) is 2.56. The Morgan fingerprint density at radius 3 is 2.57 bits per heavy atom. The van der Waals surface area contributed by atoms with Gasteiger partial charge in [0.05, 0.1) is 16.8 Å². The molecule has 1 atom stereocenters. The van der Waals surface area contributed by atoms with Crippen LogP contribution in [0.5, 0.6) is 0 Å². The van der Waals surface area contributed by atoms with E-state index in [2.05, 4.69) is 10.2 Å². The minimum absolute atomic E-state index is 0.0330. The highest BCUT2D eigenvalue weighted by atomic mass is 35.5. The van der Waals surface area contributed by atoms with Gasteiger partial charge in [0, 0.05) is 26.2 Å². The maximum Gasteiger partial charge on any atom is 0.239 e. The molecule has 4 nitrogen and oxygen atoms in total. The number of benzene rings is 1. The number of nitrogens with one attached hydrogen (secondary N) is 1. The van der Waals surface area contributed by atoms with E-state index >= 15 is 0 Å². The summed E-state index contributed by atoms with van der Waals surface area (Å²) in [4.78, 5) is 16.7. The summed E-state index contributed by atoms with van der Waals surface area (Å²) in [6.07, 6.45) is 3.32. The lowest BCUT2D eigenvalue weighted by Crippen LogP contribution is -2.55. The quantitative estimate of drug-likeness (QED) is 0.909.